The lowest BCUT2D eigenvalue weighted by Gasteiger charge is -2.21. The van der Waals surface area contributed by atoms with Crippen molar-refractivity contribution in [2.45, 2.75) is 45.6 Å². The van der Waals surface area contributed by atoms with E-state index in [1.54, 1.807) is 12.1 Å². The summed E-state index contributed by atoms with van der Waals surface area (Å²) < 4.78 is 0. The number of anilines is 1. The van der Waals surface area contributed by atoms with Crippen LogP contribution in [0.4, 0.5) is 5.00 Å². The van der Waals surface area contributed by atoms with Crippen LogP contribution in [0.2, 0.25) is 0 Å². The Morgan fingerprint density at radius 1 is 1.25 bits per heavy atom. The number of nitrogens with zero attached hydrogens (tertiary/aromatic N) is 1. The zero-order valence-electron chi connectivity index (χ0n) is 16.2. The second kappa shape index (κ2) is 9.21. The second-order valence-electron chi connectivity index (χ2n) is 7.17. The molecule has 1 heterocycles. The molecule has 0 radical (unpaired) electrons. The first-order valence-electron chi connectivity index (χ1n) is 9.73. The number of benzene rings is 1. The van der Waals surface area contributed by atoms with Gasteiger partial charge in [-0.25, -0.2) is 0 Å². The van der Waals surface area contributed by atoms with Crippen molar-refractivity contribution in [3.8, 4) is 5.75 Å². The molecule has 0 atom stereocenters. The number of aromatic hydroxyl groups is 1. The van der Waals surface area contributed by atoms with Gasteiger partial charge in [-0.15, -0.1) is 11.3 Å². The van der Waals surface area contributed by atoms with E-state index in [1.165, 1.54) is 11.3 Å². The molecule has 28 heavy (non-hydrogen) atoms. The van der Waals surface area contributed by atoms with Crippen molar-refractivity contribution in [2.24, 2.45) is 5.73 Å². The number of nitrogens with two attached hydrogens (primary N) is 1. The fraction of sp³-hybridized carbons (Fsp3) is 0.429. The number of phenolic OH excluding ortho intramolecular Hbond substituents is 1. The Balaban J connectivity index is 1.72. The second-order valence-corrected chi connectivity index (χ2v) is 8.27. The number of rotatable bonds is 8. The molecule has 2 amide bonds. The van der Waals surface area contributed by atoms with Crippen LogP contribution in [-0.2, 0) is 24.2 Å². The number of nitrogens with one attached hydrogen (secondary N) is 1. The van der Waals surface area contributed by atoms with Crippen molar-refractivity contribution >= 4 is 28.2 Å². The maximum atomic E-state index is 12.7. The largest absolute Gasteiger partial charge is 0.508 e. The highest BCUT2D eigenvalue weighted by molar-refractivity contribution is 7.17. The van der Waals surface area contributed by atoms with Gasteiger partial charge >= 0.3 is 0 Å². The molecule has 0 spiro atoms. The van der Waals surface area contributed by atoms with Gasteiger partial charge in [0.15, 0.2) is 0 Å². The van der Waals surface area contributed by atoms with E-state index in [2.05, 4.69) is 5.32 Å². The van der Waals surface area contributed by atoms with Gasteiger partial charge in [-0.2, -0.15) is 0 Å². The zero-order valence-corrected chi connectivity index (χ0v) is 17.0. The van der Waals surface area contributed by atoms with Crippen LogP contribution < -0.4 is 11.1 Å². The standard InChI is InChI=1S/C21H27N3O3S/c1-2-11-24(12-14-7-3-5-9-16(14)25)13-18(26)23-21-19(20(22)27)15-8-4-6-10-17(15)28-21/h3,5,7,9,25H,2,4,6,8,10-13H2,1H3,(H2,22,27)(H,23,26). The van der Waals surface area contributed by atoms with Gasteiger partial charge in [0.1, 0.15) is 10.8 Å². The van der Waals surface area contributed by atoms with Gasteiger partial charge < -0.3 is 16.2 Å². The van der Waals surface area contributed by atoms with E-state index in [9.17, 15) is 14.7 Å². The summed E-state index contributed by atoms with van der Waals surface area (Å²) in [6.07, 6.45) is 4.81. The van der Waals surface area contributed by atoms with E-state index < -0.39 is 5.91 Å². The van der Waals surface area contributed by atoms with Crippen LogP contribution in [0.25, 0.3) is 0 Å². The van der Waals surface area contributed by atoms with E-state index in [0.29, 0.717) is 17.1 Å². The number of hydrogen-bond acceptors (Lipinski definition) is 5. The molecule has 0 saturated heterocycles. The van der Waals surface area contributed by atoms with Crippen molar-refractivity contribution in [1.29, 1.82) is 0 Å². The summed E-state index contributed by atoms with van der Waals surface area (Å²) in [4.78, 5) is 27.8. The fourth-order valence-electron chi connectivity index (χ4n) is 3.70. The Morgan fingerprint density at radius 2 is 2.00 bits per heavy atom. The normalized spacial score (nSPS) is 13.4. The number of aryl methyl sites for hydroxylation is 1. The van der Waals surface area contributed by atoms with Gasteiger partial charge in [0.05, 0.1) is 12.1 Å². The van der Waals surface area contributed by atoms with Crippen molar-refractivity contribution < 1.29 is 14.7 Å². The van der Waals surface area contributed by atoms with Crippen LogP contribution in [0, 0.1) is 0 Å². The number of fused-ring (bicyclic) bond motifs is 1. The Labute approximate surface area is 169 Å². The van der Waals surface area contributed by atoms with E-state index >= 15 is 0 Å². The first-order valence-corrected chi connectivity index (χ1v) is 10.5. The third-order valence-electron chi connectivity index (χ3n) is 4.96. The molecular weight excluding hydrogens is 374 g/mol. The molecule has 0 saturated carbocycles. The Bertz CT molecular complexity index is 863. The molecule has 1 aliphatic carbocycles. The third kappa shape index (κ3) is 4.72. The van der Waals surface area contributed by atoms with Crippen LogP contribution in [-0.4, -0.2) is 34.9 Å². The minimum atomic E-state index is -0.477. The summed E-state index contributed by atoms with van der Waals surface area (Å²) in [5.74, 6) is -0.426. The van der Waals surface area contributed by atoms with Gasteiger partial charge in [-0.05, 0) is 50.3 Å². The predicted molar refractivity (Wildman–Crippen MR) is 112 cm³/mol. The average Bonchev–Trinajstić information content (AvgIpc) is 3.01. The van der Waals surface area contributed by atoms with Crippen molar-refractivity contribution in [2.75, 3.05) is 18.4 Å². The number of phenols is 1. The topological polar surface area (TPSA) is 95.7 Å². The Hall–Kier alpha value is -2.38. The molecule has 0 fully saturated rings. The molecule has 1 aromatic heterocycles. The van der Waals surface area contributed by atoms with Gasteiger partial charge in [-0.3, -0.25) is 14.5 Å². The SMILES string of the molecule is CCCN(CC(=O)Nc1sc2c(c1C(N)=O)CCCC2)Cc1ccccc1O. The van der Waals surface area contributed by atoms with E-state index in [4.69, 9.17) is 5.73 Å². The highest BCUT2D eigenvalue weighted by Gasteiger charge is 2.25. The summed E-state index contributed by atoms with van der Waals surface area (Å²) in [5.41, 5.74) is 7.89. The number of hydrogen-bond donors (Lipinski definition) is 3. The number of para-hydroxylation sites is 1. The van der Waals surface area contributed by atoms with E-state index in [0.717, 1.165) is 54.7 Å². The summed E-state index contributed by atoms with van der Waals surface area (Å²) in [5, 5.41) is 13.5. The average molecular weight is 402 g/mol. The summed E-state index contributed by atoms with van der Waals surface area (Å²) in [6, 6.07) is 7.15. The Morgan fingerprint density at radius 3 is 2.71 bits per heavy atom. The number of thiophene rings is 1. The molecule has 6 nitrogen and oxygen atoms in total. The van der Waals surface area contributed by atoms with Gasteiger partial charge in [0, 0.05) is 17.0 Å². The first kappa shape index (κ1) is 20.4. The monoisotopic (exact) mass is 401 g/mol. The zero-order chi connectivity index (χ0) is 20.1. The molecule has 2 aromatic rings. The van der Waals surface area contributed by atoms with E-state index in [1.807, 2.05) is 24.0 Å². The van der Waals surface area contributed by atoms with Crippen LogP contribution in [0.3, 0.4) is 0 Å². The van der Waals surface area contributed by atoms with Crippen LogP contribution in [0.5, 0.6) is 5.75 Å². The fourth-order valence-corrected chi connectivity index (χ4v) is 5.01. The maximum absolute atomic E-state index is 12.7. The Kier molecular flexibility index (Phi) is 6.70. The number of primary amides is 1. The molecule has 0 unspecified atom stereocenters. The molecule has 0 aliphatic heterocycles. The molecule has 3 rings (SSSR count). The number of carbonyl (C=O) groups is 2. The number of carbonyl (C=O) groups excluding carboxylic acids is 2. The van der Waals surface area contributed by atoms with Crippen molar-refractivity contribution in [3.63, 3.8) is 0 Å². The maximum Gasteiger partial charge on any atom is 0.251 e. The van der Waals surface area contributed by atoms with Crippen LogP contribution in [0.15, 0.2) is 24.3 Å². The molecule has 1 aliphatic rings. The lowest BCUT2D eigenvalue weighted by molar-refractivity contribution is -0.117. The quantitative estimate of drug-likeness (QED) is 0.632. The van der Waals surface area contributed by atoms with Gasteiger partial charge in [-0.1, -0.05) is 25.1 Å². The lowest BCUT2D eigenvalue weighted by atomic mass is 9.95. The smallest absolute Gasteiger partial charge is 0.251 e. The molecule has 150 valence electrons. The van der Waals surface area contributed by atoms with Gasteiger partial charge in [0.2, 0.25) is 5.91 Å². The third-order valence-corrected chi connectivity index (χ3v) is 6.17. The van der Waals surface area contributed by atoms with Crippen LogP contribution >= 0.6 is 11.3 Å². The highest BCUT2D eigenvalue weighted by atomic mass is 32.1. The minimum Gasteiger partial charge on any atom is -0.508 e. The number of amides is 2. The molecular formula is C21H27N3O3S. The molecule has 4 N–H and O–H groups in total. The van der Waals surface area contributed by atoms with Crippen molar-refractivity contribution in [3.05, 3.63) is 45.8 Å². The summed E-state index contributed by atoms with van der Waals surface area (Å²) in [6.45, 7) is 3.44. The lowest BCUT2D eigenvalue weighted by Crippen LogP contribution is -2.33. The minimum absolute atomic E-state index is 0.176. The molecule has 1 aromatic carbocycles. The predicted octanol–water partition coefficient (Wildman–Crippen LogP) is 3.28. The van der Waals surface area contributed by atoms with Gasteiger partial charge in [0.25, 0.3) is 5.91 Å². The highest BCUT2D eigenvalue weighted by Crippen LogP contribution is 2.37. The van der Waals surface area contributed by atoms with E-state index in [-0.39, 0.29) is 18.2 Å². The molecule has 0 bridgehead atoms. The molecule has 7 heteroatoms. The van der Waals surface area contributed by atoms with Crippen LogP contribution in [0.1, 0.15) is 52.5 Å². The first-order chi connectivity index (χ1) is 13.5. The summed E-state index contributed by atoms with van der Waals surface area (Å²) >= 11 is 1.47. The van der Waals surface area contributed by atoms with Crippen molar-refractivity contribution in [1.82, 2.24) is 4.90 Å². The summed E-state index contributed by atoms with van der Waals surface area (Å²) in [7, 11) is 0.